The molecule has 1 fully saturated rings. The molecule has 0 radical (unpaired) electrons. The molecule has 0 amide bonds. The van der Waals surface area contributed by atoms with Crippen molar-refractivity contribution in [1.29, 1.82) is 0 Å². The van der Waals surface area contributed by atoms with Crippen molar-refractivity contribution >= 4 is 0 Å². The summed E-state index contributed by atoms with van der Waals surface area (Å²) in [6.45, 7) is 4.66. The van der Waals surface area contributed by atoms with Gasteiger partial charge in [-0.05, 0) is 49.4 Å². The zero-order valence-electron chi connectivity index (χ0n) is 8.92. The summed E-state index contributed by atoms with van der Waals surface area (Å²) in [5, 5.41) is 3.43. The van der Waals surface area contributed by atoms with E-state index >= 15 is 0 Å². The maximum Gasteiger partial charge on any atom is -0.00169 e. The van der Waals surface area contributed by atoms with E-state index in [1.54, 1.807) is 5.56 Å². The van der Waals surface area contributed by atoms with Gasteiger partial charge in [-0.1, -0.05) is 31.2 Å². The van der Waals surface area contributed by atoms with Crippen molar-refractivity contribution in [3.63, 3.8) is 0 Å². The van der Waals surface area contributed by atoms with E-state index in [4.69, 9.17) is 0 Å². The van der Waals surface area contributed by atoms with Crippen molar-refractivity contribution in [3.8, 4) is 0 Å². The van der Waals surface area contributed by atoms with Gasteiger partial charge in [-0.3, -0.25) is 0 Å². The maximum atomic E-state index is 3.43. The third-order valence-electron chi connectivity index (χ3n) is 3.17. The quantitative estimate of drug-likeness (QED) is 0.770. The fourth-order valence-electron chi connectivity index (χ4n) is 2.30. The predicted molar refractivity (Wildman–Crippen MR) is 60.5 cm³/mol. The summed E-state index contributed by atoms with van der Waals surface area (Å²) in [5.41, 5.74) is 3.09. The van der Waals surface area contributed by atoms with Crippen LogP contribution in [-0.2, 0) is 12.8 Å². The molecule has 1 aliphatic rings. The average Bonchev–Trinajstić information content (AvgIpc) is 2.71. The van der Waals surface area contributed by atoms with E-state index in [9.17, 15) is 0 Å². The Balaban J connectivity index is 2.07. The summed E-state index contributed by atoms with van der Waals surface area (Å²) in [5.74, 6) is 0.864. The summed E-state index contributed by atoms with van der Waals surface area (Å²) in [6.07, 6.45) is 3.77. The normalized spacial score (nSPS) is 21.4. The molecule has 1 aromatic carbocycles. The monoisotopic (exact) mass is 189 g/mol. The van der Waals surface area contributed by atoms with Crippen molar-refractivity contribution in [3.05, 3.63) is 35.4 Å². The van der Waals surface area contributed by atoms with Gasteiger partial charge in [0.15, 0.2) is 0 Å². The van der Waals surface area contributed by atoms with E-state index in [-0.39, 0.29) is 0 Å². The SMILES string of the molecule is CCc1ccccc1CC1CCNC1. The number of hydrogen-bond acceptors (Lipinski definition) is 1. The second-order valence-electron chi connectivity index (χ2n) is 4.19. The van der Waals surface area contributed by atoms with Crippen LogP contribution in [0.5, 0.6) is 0 Å². The molecule has 0 aliphatic carbocycles. The lowest BCUT2D eigenvalue weighted by Gasteiger charge is -2.11. The Bertz CT molecular complexity index is 287. The highest BCUT2D eigenvalue weighted by molar-refractivity contribution is 5.27. The summed E-state index contributed by atoms with van der Waals surface area (Å²) in [4.78, 5) is 0. The summed E-state index contributed by atoms with van der Waals surface area (Å²) < 4.78 is 0. The number of aryl methyl sites for hydroxylation is 1. The number of rotatable bonds is 3. The Kier molecular flexibility index (Phi) is 3.20. The Hall–Kier alpha value is -0.820. The second kappa shape index (κ2) is 4.61. The van der Waals surface area contributed by atoms with Gasteiger partial charge in [0, 0.05) is 0 Å². The Morgan fingerprint density at radius 2 is 2.07 bits per heavy atom. The van der Waals surface area contributed by atoms with Crippen LogP contribution in [0.1, 0.15) is 24.5 Å². The predicted octanol–water partition coefficient (Wildman–Crippen LogP) is 2.40. The minimum absolute atomic E-state index is 0.864. The number of nitrogens with one attached hydrogen (secondary N) is 1. The van der Waals surface area contributed by atoms with Crippen LogP contribution >= 0.6 is 0 Å². The Morgan fingerprint density at radius 1 is 1.29 bits per heavy atom. The van der Waals surface area contributed by atoms with Gasteiger partial charge in [0.05, 0.1) is 0 Å². The number of benzene rings is 1. The molecule has 1 nitrogen and oxygen atoms in total. The van der Waals surface area contributed by atoms with Crippen LogP contribution < -0.4 is 5.32 Å². The van der Waals surface area contributed by atoms with Gasteiger partial charge < -0.3 is 5.32 Å². The van der Waals surface area contributed by atoms with Gasteiger partial charge in [-0.2, -0.15) is 0 Å². The van der Waals surface area contributed by atoms with E-state index in [0.717, 1.165) is 12.3 Å². The molecule has 1 unspecified atom stereocenters. The Morgan fingerprint density at radius 3 is 2.71 bits per heavy atom. The molecule has 1 aromatic rings. The lowest BCUT2D eigenvalue weighted by Crippen LogP contribution is -2.11. The summed E-state index contributed by atoms with van der Waals surface area (Å²) in [7, 11) is 0. The fourth-order valence-corrected chi connectivity index (χ4v) is 2.30. The van der Waals surface area contributed by atoms with E-state index in [1.165, 1.54) is 31.5 Å². The van der Waals surface area contributed by atoms with Crippen LogP contribution in [-0.4, -0.2) is 13.1 Å². The van der Waals surface area contributed by atoms with Crippen molar-refractivity contribution in [2.24, 2.45) is 5.92 Å². The molecule has 1 N–H and O–H groups in total. The minimum atomic E-state index is 0.864. The number of hydrogen-bond donors (Lipinski definition) is 1. The first kappa shape index (κ1) is 9.72. The smallest absolute Gasteiger partial charge is 0.00169 e. The molecular formula is C13H19N. The van der Waals surface area contributed by atoms with Gasteiger partial charge in [-0.25, -0.2) is 0 Å². The molecule has 0 bridgehead atoms. The maximum absolute atomic E-state index is 3.43. The molecule has 0 aromatic heterocycles. The van der Waals surface area contributed by atoms with E-state index < -0.39 is 0 Å². The molecule has 76 valence electrons. The van der Waals surface area contributed by atoms with E-state index in [2.05, 4.69) is 36.5 Å². The van der Waals surface area contributed by atoms with Gasteiger partial charge in [0.2, 0.25) is 0 Å². The molecule has 1 saturated heterocycles. The van der Waals surface area contributed by atoms with Gasteiger partial charge in [0.1, 0.15) is 0 Å². The molecule has 0 saturated carbocycles. The molecule has 1 aliphatic heterocycles. The van der Waals surface area contributed by atoms with Crippen LogP contribution in [0, 0.1) is 5.92 Å². The van der Waals surface area contributed by atoms with Crippen LogP contribution in [0.25, 0.3) is 0 Å². The minimum Gasteiger partial charge on any atom is -0.316 e. The largest absolute Gasteiger partial charge is 0.316 e. The lowest BCUT2D eigenvalue weighted by atomic mass is 9.94. The molecular weight excluding hydrogens is 170 g/mol. The molecule has 14 heavy (non-hydrogen) atoms. The highest BCUT2D eigenvalue weighted by atomic mass is 14.9. The Labute approximate surface area is 86.5 Å². The van der Waals surface area contributed by atoms with Gasteiger partial charge in [0.25, 0.3) is 0 Å². The summed E-state index contributed by atoms with van der Waals surface area (Å²) in [6, 6.07) is 8.86. The van der Waals surface area contributed by atoms with Gasteiger partial charge >= 0.3 is 0 Å². The first-order valence-electron chi connectivity index (χ1n) is 5.67. The first-order chi connectivity index (χ1) is 6.90. The molecule has 2 rings (SSSR count). The zero-order chi connectivity index (χ0) is 9.80. The summed E-state index contributed by atoms with van der Waals surface area (Å²) >= 11 is 0. The second-order valence-corrected chi connectivity index (χ2v) is 4.19. The topological polar surface area (TPSA) is 12.0 Å². The van der Waals surface area contributed by atoms with Crippen molar-refractivity contribution < 1.29 is 0 Å². The van der Waals surface area contributed by atoms with E-state index in [1.807, 2.05) is 0 Å². The van der Waals surface area contributed by atoms with Crippen molar-refractivity contribution in [2.45, 2.75) is 26.2 Å². The first-order valence-corrected chi connectivity index (χ1v) is 5.67. The standard InChI is InChI=1S/C13H19N/c1-2-12-5-3-4-6-13(12)9-11-7-8-14-10-11/h3-6,11,14H,2,7-10H2,1H3. The van der Waals surface area contributed by atoms with E-state index in [0.29, 0.717) is 0 Å². The third kappa shape index (κ3) is 2.16. The van der Waals surface area contributed by atoms with Crippen molar-refractivity contribution in [2.75, 3.05) is 13.1 Å². The zero-order valence-corrected chi connectivity index (χ0v) is 8.92. The molecule has 1 heterocycles. The fraction of sp³-hybridized carbons (Fsp3) is 0.538. The molecule has 0 spiro atoms. The third-order valence-corrected chi connectivity index (χ3v) is 3.17. The molecule has 1 heteroatoms. The van der Waals surface area contributed by atoms with Crippen LogP contribution in [0.4, 0.5) is 0 Å². The van der Waals surface area contributed by atoms with Crippen LogP contribution in [0.15, 0.2) is 24.3 Å². The van der Waals surface area contributed by atoms with Gasteiger partial charge in [-0.15, -0.1) is 0 Å². The highest BCUT2D eigenvalue weighted by Crippen LogP contribution is 2.18. The highest BCUT2D eigenvalue weighted by Gasteiger charge is 2.15. The van der Waals surface area contributed by atoms with Crippen molar-refractivity contribution in [1.82, 2.24) is 5.32 Å². The average molecular weight is 189 g/mol. The molecule has 1 atom stereocenters. The lowest BCUT2D eigenvalue weighted by molar-refractivity contribution is 0.577. The van der Waals surface area contributed by atoms with Crippen LogP contribution in [0.2, 0.25) is 0 Å². The van der Waals surface area contributed by atoms with Crippen LogP contribution in [0.3, 0.4) is 0 Å².